The van der Waals surface area contributed by atoms with Crippen molar-refractivity contribution >= 4 is 5.91 Å². The molecule has 136 valence electrons. The molecule has 2 rings (SSSR count). The van der Waals surface area contributed by atoms with Gasteiger partial charge in [-0.05, 0) is 43.8 Å². The van der Waals surface area contributed by atoms with E-state index in [1.54, 1.807) is 30.3 Å². The van der Waals surface area contributed by atoms with Gasteiger partial charge in [0, 0.05) is 25.9 Å². The average Bonchev–Trinajstić information content (AvgIpc) is 2.99. The highest BCUT2D eigenvalue weighted by Gasteiger charge is 2.19. The molecule has 0 unspecified atom stereocenters. The molecule has 0 aliphatic rings. The summed E-state index contributed by atoms with van der Waals surface area (Å²) in [6.07, 6.45) is 0.844. The molecule has 0 radical (unpaired) electrons. The molecule has 0 atom stereocenters. The van der Waals surface area contributed by atoms with Crippen LogP contribution in [0.2, 0.25) is 0 Å². The van der Waals surface area contributed by atoms with Crippen molar-refractivity contribution in [2.75, 3.05) is 27.2 Å². The average molecular weight is 346 g/mol. The van der Waals surface area contributed by atoms with Gasteiger partial charge in [0.05, 0.1) is 5.56 Å². The Hall–Kier alpha value is -2.14. The summed E-state index contributed by atoms with van der Waals surface area (Å²) in [6.45, 7) is 5.78. The SMILES string of the molecule is CN(C)CC(C)(C)CNC(=O)CCc1ccc(-c2ccccc2F)o1. The summed E-state index contributed by atoms with van der Waals surface area (Å²) >= 11 is 0. The zero-order chi connectivity index (χ0) is 18.4. The number of aryl methyl sites for hydroxylation is 1. The van der Waals surface area contributed by atoms with Crippen LogP contribution >= 0.6 is 0 Å². The van der Waals surface area contributed by atoms with Crippen LogP contribution in [0.15, 0.2) is 40.8 Å². The van der Waals surface area contributed by atoms with E-state index < -0.39 is 0 Å². The number of carbonyl (C=O) groups excluding carboxylic acids is 1. The third-order valence-electron chi connectivity index (χ3n) is 3.91. The zero-order valence-corrected chi connectivity index (χ0v) is 15.4. The molecule has 1 N–H and O–H groups in total. The Morgan fingerprint density at radius 2 is 1.92 bits per heavy atom. The van der Waals surface area contributed by atoms with Gasteiger partial charge in [-0.3, -0.25) is 4.79 Å². The van der Waals surface area contributed by atoms with Gasteiger partial charge in [0.2, 0.25) is 5.91 Å². The molecule has 0 spiro atoms. The van der Waals surface area contributed by atoms with Gasteiger partial charge in [0.1, 0.15) is 17.3 Å². The van der Waals surface area contributed by atoms with E-state index >= 15 is 0 Å². The van der Waals surface area contributed by atoms with Gasteiger partial charge in [0.15, 0.2) is 0 Å². The van der Waals surface area contributed by atoms with Crippen LogP contribution in [0.5, 0.6) is 0 Å². The van der Waals surface area contributed by atoms with Crippen LogP contribution in [0.3, 0.4) is 0 Å². The lowest BCUT2D eigenvalue weighted by molar-refractivity contribution is -0.121. The summed E-state index contributed by atoms with van der Waals surface area (Å²) in [7, 11) is 4.04. The summed E-state index contributed by atoms with van der Waals surface area (Å²) in [5.74, 6) is 0.849. The van der Waals surface area contributed by atoms with E-state index in [1.165, 1.54) is 6.07 Å². The van der Waals surface area contributed by atoms with Gasteiger partial charge in [0.25, 0.3) is 0 Å². The molecule has 1 amide bonds. The number of carbonyl (C=O) groups is 1. The Labute approximate surface area is 149 Å². The van der Waals surface area contributed by atoms with Crippen LogP contribution < -0.4 is 5.32 Å². The summed E-state index contributed by atoms with van der Waals surface area (Å²) in [4.78, 5) is 14.2. The number of nitrogens with one attached hydrogen (secondary N) is 1. The maximum Gasteiger partial charge on any atom is 0.220 e. The number of benzene rings is 1. The lowest BCUT2D eigenvalue weighted by atomic mass is 9.93. The molecule has 1 aromatic carbocycles. The molecule has 0 aliphatic carbocycles. The van der Waals surface area contributed by atoms with E-state index in [-0.39, 0.29) is 17.1 Å². The second-order valence-corrected chi connectivity index (χ2v) is 7.42. The van der Waals surface area contributed by atoms with Crippen molar-refractivity contribution in [2.24, 2.45) is 5.41 Å². The highest BCUT2D eigenvalue weighted by Crippen LogP contribution is 2.25. The van der Waals surface area contributed by atoms with E-state index in [0.29, 0.717) is 36.5 Å². The van der Waals surface area contributed by atoms with Gasteiger partial charge < -0.3 is 14.6 Å². The number of amides is 1. The Bertz CT molecular complexity index is 707. The molecule has 25 heavy (non-hydrogen) atoms. The lowest BCUT2D eigenvalue weighted by Crippen LogP contribution is -2.40. The largest absolute Gasteiger partial charge is 0.461 e. The molecular formula is C20H27FN2O2. The van der Waals surface area contributed by atoms with Crippen molar-refractivity contribution in [3.05, 3.63) is 48.0 Å². The van der Waals surface area contributed by atoms with Crippen LogP contribution in [-0.2, 0) is 11.2 Å². The number of nitrogens with zero attached hydrogens (tertiary/aromatic N) is 1. The highest BCUT2D eigenvalue weighted by atomic mass is 19.1. The maximum atomic E-state index is 13.8. The predicted molar refractivity (Wildman–Crippen MR) is 97.8 cm³/mol. The minimum atomic E-state index is -0.315. The first-order valence-electron chi connectivity index (χ1n) is 8.52. The number of furan rings is 1. The van der Waals surface area contributed by atoms with E-state index in [9.17, 15) is 9.18 Å². The fourth-order valence-electron chi connectivity index (χ4n) is 2.89. The Morgan fingerprint density at radius 1 is 1.20 bits per heavy atom. The minimum absolute atomic E-state index is 0.00401. The Morgan fingerprint density at radius 3 is 2.60 bits per heavy atom. The standard InChI is InChI=1S/C20H27FN2O2/c1-20(2,14-23(3)4)13-22-19(24)12-10-15-9-11-18(25-15)16-7-5-6-8-17(16)21/h5-9,11H,10,12-14H2,1-4H3,(H,22,24). The predicted octanol–water partition coefficient (Wildman–Crippen LogP) is 3.72. The third-order valence-corrected chi connectivity index (χ3v) is 3.91. The van der Waals surface area contributed by atoms with Gasteiger partial charge in [-0.1, -0.05) is 26.0 Å². The fraction of sp³-hybridized carbons (Fsp3) is 0.450. The molecular weight excluding hydrogens is 319 g/mol. The molecule has 0 bridgehead atoms. The van der Waals surface area contributed by atoms with Crippen molar-refractivity contribution in [3.8, 4) is 11.3 Å². The number of hydrogen-bond acceptors (Lipinski definition) is 3. The first kappa shape index (κ1) is 19.2. The minimum Gasteiger partial charge on any atom is -0.461 e. The molecule has 2 aromatic rings. The van der Waals surface area contributed by atoms with E-state index in [4.69, 9.17) is 4.42 Å². The first-order valence-corrected chi connectivity index (χ1v) is 8.52. The van der Waals surface area contributed by atoms with E-state index in [2.05, 4.69) is 24.1 Å². The van der Waals surface area contributed by atoms with Crippen LogP contribution in [0.1, 0.15) is 26.0 Å². The van der Waals surface area contributed by atoms with Crippen molar-refractivity contribution in [1.29, 1.82) is 0 Å². The zero-order valence-electron chi connectivity index (χ0n) is 15.4. The smallest absolute Gasteiger partial charge is 0.220 e. The number of rotatable bonds is 8. The molecule has 0 saturated carbocycles. The molecule has 0 fully saturated rings. The van der Waals surface area contributed by atoms with Gasteiger partial charge >= 0.3 is 0 Å². The maximum absolute atomic E-state index is 13.8. The van der Waals surface area contributed by atoms with Gasteiger partial charge in [-0.25, -0.2) is 4.39 Å². The van der Waals surface area contributed by atoms with Crippen LogP contribution in [0.4, 0.5) is 4.39 Å². The second-order valence-electron chi connectivity index (χ2n) is 7.42. The van der Waals surface area contributed by atoms with Crippen molar-refractivity contribution in [1.82, 2.24) is 10.2 Å². The molecule has 1 aromatic heterocycles. The second kappa shape index (κ2) is 8.30. The number of hydrogen-bond donors (Lipinski definition) is 1. The summed E-state index contributed by atoms with van der Waals surface area (Å²) < 4.78 is 19.4. The fourth-order valence-corrected chi connectivity index (χ4v) is 2.89. The van der Waals surface area contributed by atoms with E-state index in [1.807, 2.05) is 14.1 Å². The normalized spacial score (nSPS) is 11.8. The summed E-state index contributed by atoms with van der Waals surface area (Å²) in [6, 6.07) is 10.0. The highest BCUT2D eigenvalue weighted by molar-refractivity contribution is 5.76. The van der Waals surface area contributed by atoms with Crippen LogP contribution in [0.25, 0.3) is 11.3 Å². The molecule has 5 heteroatoms. The monoisotopic (exact) mass is 346 g/mol. The van der Waals surface area contributed by atoms with Gasteiger partial charge in [-0.2, -0.15) is 0 Å². The Kier molecular flexibility index (Phi) is 6.37. The van der Waals surface area contributed by atoms with Crippen molar-refractivity contribution in [2.45, 2.75) is 26.7 Å². The summed E-state index contributed by atoms with van der Waals surface area (Å²) in [5.41, 5.74) is 0.450. The quantitative estimate of drug-likeness (QED) is 0.792. The third kappa shape index (κ3) is 6.02. The van der Waals surface area contributed by atoms with Crippen molar-refractivity contribution < 1.29 is 13.6 Å². The molecule has 0 aliphatic heterocycles. The van der Waals surface area contributed by atoms with Crippen LogP contribution in [-0.4, -0.2) is 38.0 Å². The van der Waals surface area contributed by atoms with Gasteiger partial charge in [-0.15, -0.1) is 0 Å². The van der Waals surface area contributed by atoms with E-state index in [0.717, 1.165) is 6.54 Å². The number of halogens is 1. The lowest BCUT2D eigenvalue weighted by Gasteiger charge is -2.28. The topological polar surface area (TPSA) is 45.5 Å². The van der Waals surface area contributed by atoms with Crippen LogP contribution in [0, 0.1) is 11.2 Å². The summed E-state index contributed by atoms with van der Waals surface area (Å²) in [5, 5.41) is 2.98. The Balaban J connectivity index is 1.84. The molecule has 1 heterocycles. The first-order chi connectivity index (χ1) is 11.8. The molecule has 4 nitrogen and oxygen atoms in total. The van der Waals surface area contributed by atoms with Crippen molar-refractivity contribution in [3.63, 3.8) is 0 Å². The molecule has 0 saturated heterocycles.